The number of aliphatic hydroxyl groups excluding tert-OH is 1. The van der Waals surface area contributed by atoms with Gasteiger partial charge >= 0.3 is 0 Å². The Labute approximate surface area is 92.0 Å². The van der Waals surface area contributed by atoms with E-state index < -0.39 is 6.10 Å². The van der Waals surface area contributed by atoms with E-state index in [0.717, 1.165) is 6.54 Å². The van der Waals surface area contributed by atoms with E-state index in [1.807, 2.05) is 13.8 Å². The average Bonchev–Trinajstić information content (AvgIpc) is 2.67. The Morgan fingerprint density at radius 1 is 1.40 bits per heavy atom. The van der Waals surface area contributed by atoms with Crippen LogP contribution in [0.3, 0.4) is 0 Å². The number of hydrogen-bond donors (Lipinski definition) is 2. The molecule has 1 heterocycles. The zero-order chi connectivity index (χ0) is 11.1. The highest BCUT2D eigenvalue weighted by Gasteiger charge is 2.14. The van der Waals surface area contributed by atoms with E-state index in [1.165, 1.54) is 12.8 Å². The van der Waals surface area contributed by atoms with E-state index >= 15 is 0 Å². The van der Waals surface area contributed by atoms with Gasteiger partial charge in [0.2, 0.25) is 0 Å². The maximum Gasteiger partial charge on any atom is 0.101 e. The van der Waals surface area contributed by atoms with E-state index in [1.54, 1.807) is 0 Å². The van der Waals surface area contributed by atoms with Crippen molar-refractivity contribution in [2.75, 3.05) is 26.4 Å². The van der Waals surface area contributed by atoms with Crippen molar-refractivity contribution >= 4 is 0 Å². The Kier molecular flexibility index (Phi) is 6.17. The molecule has 0 aromatic rings. The summed E-state index contributed by atoms with van der Waals surface area (Å²) in [5, 5.41) is 12.8. The van der Waals surface area contributed by atoms with Gasteiger partial charge in [0.25, 0.3) is 0 Å². The lowest BCUT2D eigenvalue weighted by Gasteiger charge is -2.15. The average molecular weight is 217 g/mol. The Hall–Kier alpha value is -0.160. The normalized spacial score (nSPS) is 23.6. The largest absolute Gasteiger partial charge is 0.388 e. The first-order chi connectivity index (χ1) is 7.18. The van der Waals surface area contributed by atoms with Crippen molar-refractivity contribution in [1.82, 2.24) is 5.32 Å². The molecule has 1 aliphatic heterocycles. The van der Waals surface area contributed by atoms with Crippen LogP contribution in [0, 0.1) is 0 Å². The first-order valence-electron chi connectivity index (χ1n) is 5.79. The predicted molar refractivity (Wildman–Crippen MR) is 58.9 cm³/mol. The van der Waals surface area contributed by atoms with Gasteiger partial charge in [0.15, 0.2) is 0 Å². The van der Waals surface area contributed by atoms with E-state index in [4.69, 9.17) is 9.47 Å². The van der Waals surface area contributed by atoms with Gasteiger partial charge in [-0.2, -0.15) is 0 Å². The standard InChI is InChI=1S/C11H23NO3/c1-9(2)15-8-11(13)7-14-6-10-4-3-5-12-10/h9-13H,3-8H2,1-2H3. The fourth-order valence-corrected chi connectivity index (χ4v) is 1.60. The molecule has 1 aliphatic rings. The van der Waals surface area contributed by atoms with Gasteiger partial charge in [-0.15, -0.1) is 0 Å². The minimum atomic E-state index is -0.506. The molecule has 1 saturated heterocycles. The van der Waals surface area contributed by atoms with E-state index in [2.05, 4.69) is 5.32 Å². The van der Waals surface area contributed by atoms with Crippen LogP contribution in [0.2, 0.25) is 0 Å². The third kappa shape index (κ3) is 6.10. The number of nitrogens with one attached hydrogen (secondary N) is 1. The molecule has 2 unspecified atom stereocenters. The van der Waals surface area contributed by atoms with Crippen LogP contribution >= 0.6 is 0 Å². The number of aliphatic hydroxyl groups is 1. The second-order valence-electron chi connectivity index (χ2n) is 4.37. The quantitative estimate of drug-likeness (QED) is 0.653. The summed E-state index contributed by atoms with van der Waals surface area (Å²) in [6.45, 7) is 6.42. The van der Waals surface area contributed by atoms with Crippen LogP contribution in [-0.4, -0.2) is 49.7 Å². The molecule has 2 atom stereocenters. The lowest BCUT2D eigenvalue weighted by atomic mass is 10.2. The van der Waals surface area contributed by atoms with Crippen LogP contribution in [0.5, 0.6) is 0 Å². The molecular formula is C11H23NO3. The van der Waals surface area contributed by atoms with Gasteiger partial charge in [0.1, 0.15) is 6.10 Å². The second-order valence-corrected chi connectivity index (χ2v) is 4.37. The van der Waals surface area contributed by atoms with E-state index in [-0.39, 0.29) is 6.10 Å². The predicted octanol–water partition coefficient (Wildman–Crippen LogP) is 0.541. The van der Waals surface area contributed by atoms with Crippen molar-refractivity contribution in [2.24, 2.45) is 0 Å². The smallest absolute Gasteiger partial charge is 0.101 e. The molecule has 1 fully saturated rings. The van der Waals surface area contributed by atoms with Gasteiger partial charge in [0, 0.05) is 6.04 Å². The highest BCUT2D eigenvalue weighted by atomic mass is 16.5. The lowest BCUT2D eigenvalue weighted by molar-refractivity contribution is -0.0379. The molecule has 0 saturated carbocycles. The zero-order valence-corrected chi connectivity index (χ0v) is 9.74. The summed E-state index contributed by atoms with van der Waals surface area (Å²) in [4.78, 5) is 0. The minimum Gasteiger partial charge on any atom is -0.388 e. The van der Waals surface area contributed by atoms with Crippen LogP contribution in [0.1, 0.15) is 26.7 Å². The van der Waals surface area contributed by atoms with Crippen molar-refractivity contribution in [3.63, 3.8) is 0 Å². The second kappa shape index (κ2) is 7.17. The summed E-state index contributed by atoms with van der Waals surface area (Å²) >= 11 is 0. The Morgan fingerprint density at radius 2 is 2.20 bits per heavy atom. The Morgan fingerprint density at radius 3 is 2.80 bits per heavy atom. The monoisotopic (exact) mass is 217 g/mol. The zero-order valence-electron chi connectivity index (χ0n) is 9.74. The summed E-state index contributed by atoms with van der Waals surface area (Å²) < 4.78 is 10.7. The van der Waals surface area contributed by atoms with Crippen LogP contribution in [0.15, 0.2) is 0 Å². The fraction of sp³-hybridized carbons (Fsp3) is 1.00. The van der Waals surface area contributed by atoms with Crippen LogP contribution < -0.4 is 5.32 Å². The summed E-state index contributed by atoms with van der Waals surface area (Å²) in [5.41, 5.74) is 0. The molecule has 15 heavy (non-hydrogen) atoms. The van der Waals surface area contributed by atoms with Gasteiger partial charge in [-0.25, -0.2) is 0 Å². The van der Waals surface area contributed by atoms with Crippen molar-refractivity contribution in [2.45, 2.75) is 44.9 Å². The molecule has 90 valence electrons. The van der Waals surface area contributed by atoms with Crippen molar-refractivity contribution in [1.29, 1.82) is 0 Å². The molecule has 0 spiro atoms. The van der Waals surface area contributed by atoms with Crippen molar-refractivity contribution in [3.05, 3.63) is 0 Å². The topological polar surface area (TPSA) is 50.7 Å². The molecule has 0 radical (unpaired) electrons. The van der Waals surface area contributed by atoms with Gasteiger partial charge in [-0.3, -0.25) is 0 Å². The first kappa shape index (κ1) is 12.9. The van der Waals surface area contributed by atoms with Gasteiger partial charge < -0.3 is 19.9 Å². The molecule has 4 nitrogen and oxygen atoms in total. The van der Waals surface area contributed by atoms with Gasteiger partial charge in [-0.1, -0.05) is 0 Å². The molecule has 0 aromatic heterocycles. The molecule has 0 aromatic carbocycles. The van der Waals surface area contributed by atoms with Gasteiger partial charge in [0.05, 0.1) is 25.9 Å². The first-order valence-corrected chi connectivity index (χ1v) is 5.79. The lowest BCUT2D eigenvalue weighted by Crippen LogP contribution is -2.30. The summed E-state index contributed by atoms with van der Waals surface area (Å²) in [6, 6.07) is 0.475. The van der Waals surface area contributed by atoms with Gasteiger partial charge in [-0.05, 0) is 33.2 Å². The van der Waals surface area contributed by atoms with Crippen LogP contribution in [0.25, 0.3) is 0 Å². The molecule has 1 rings (SSSR count). The van der Waals surface area contributed by atoms with E-state index in [9.17, 15) is 5.11 Å². The SMILES string of the molecule is CC(C)OCC(O)COCC1CCCN1. The molecule has 0 aliphatic carbocycles. The summed E-state index contributed by atoms with van der Waals surface area (Å²) in [6.07, 6.45) is 2.07. The third-order valence-electron chi connectivity index (χ3n) is 2.41. The van der Waals surface area contributed by atoms with Crippen LogP contribution in [-0.2, 0) is 9.47 Å². The number of hydrogen-bond acceptors (Lipinski definition) is 4. The Bertz CT molecular complexity index is 158. The Balaban J connectivity index is 1.93. The molecule has 0 amide bonds. The highest BCUT2D eigenvalue weighted by molar-refractivity contribution is 4.73. The molecular weight excluding hydrogens is 194 g/mol. The minimum absolute atomic E-state index is 0.163. The fourth-order valence-electron chi connectivity index (χ4n) is 1.60. The number of rotatable bonds is 7. The number of ether oxygens (including phenoxy) is 2. The summed E-state index contributed by atoms with van der Waals surface area (Å²) in [5.74, 6) is 0. The van der Waals surface area contributed by atoms with Crippen molar-refractivity contribution < 1.29 is 14.6 Å². The van der Waals surface area contributed by atoms with E-state index in [0.29, 0.717) is 25.9 Å². The summed E-state index contributed by atoms with van der Waals surface area (Å²) in [7, 11) is 0. The molecule has 2 N–H and O–H groups in total. The van der Waals surface area contributed by atoms with Crippen LogP contribution in [0.4, 0.5) is 0 Å². The maximum atomic E-state index is 9.50. The third-order valence-corrected chi connectivity index (χ3v) is 2.41. The maximum absolute atomic E-state index is 9.50. The molecule has 0 bridgehead atoms. The molecule has 4 heteroatoms. The highest BCUT2D eigenvalue weighted by Crippen LogP contribution is 2.05. The van der Waals surface area contributed by atoms with Crippen molar-refractivity contribution in [3.8, 4) is 0 Å².